The molecule has 0 atom stereocenters. The quantitative estimate of drug-likeness (QED) is 0.533. The fourth-order valence-electron chi connectivity index (χ4n) is 2.83. The standard InChI is InChI=1S/C19H21N3O/c1-14-9-11-17(12-10-14)20-21-19(15(2)23)22-13-5-7-16-6-3-4-8-18(16)22/h3-4,6,8-12,20H,5,7,13H2,1-2H3. The molecule has 1 aliphatic rings. The van der Waals surface area contributed by atoms with Gasteiger partial charge in [0.2, 0.25) is 0 Å². The average Bonchev–Trinajstić information content (AvgIpc) is 2.56. The molecule has 0 amide bonds. The number of ketones is 1. The Morgan fingerprint density at radius 1 is 1.13 bits per heavy atom. The first kappa shape index (κ1) is 15.3. The summed E-state index contributed by atoms with van der Waals surface area (Å²) in [5.74, 6) is 0.416. The predicted octanol–water partition coefficient (Wildman–Crippen LogP) is 3.76. The number of aryl methyl sites for hydroxylation is 2. The van der Waals surface area contributed by atoms with Gasteiger partial charge >= 0.3 is 0 Å². The summed E-state index contributed by atoms with van der Waals surface area (Å²) in [7, 11) is 0. The number of carbonyl (C=O) groups is 1. The number of carbonyl (C=O) groups excluding carboxylic acids is 1. The smallest absolute Gasteiger partial charge is 0.197 e. The van der Waals surface area contributed by atoms with E-state index in [1.54, 1.807) is 6.92 Å². The molecule has 4 nitrogen and oxygen atoms in total. The van der Waals surface area contributed by atoms with Crippen LogP contribution in [-0.2, 0) is 11.2 Å². The molecule has 0 aliphatic carbocycles. The fourth-order valence-corrected chi connectivity index (χ4v) is 2.83. The van der Waals surface area contributed by atoms with Crippen molar-refractivity contribution in [1.82, 2.24) is 0 Å². The van der Waals surface area contributed by atoms with E-state index < -0.39 is 0 Å². The second kappa shape index (κ2) is 6.65. The van der Waals surface area contributed by atoms with Gasteiger partial charge in [-0.1, -0.05) is 35.9 Å². The molecule has 0 bridgehead atoms. The number of fused-ring (bicyclic) bond motifs is 1. The summed E-state index contributed by atoms with van der Waals surface area (Å²) in [6.45, 7) is 4.41. The molecule has 4 heteroatoms. The van der Waals surface area contributed by atoms with Crippen LogP contribution < -0.4 is 10.3 Å². The first-order valence-corrected chi connectivity index (χ1v) is 7.92. The molecule has 1 heterocycles. The third-order valence-corrected chi connectivity index (χ3v) is 4.02. The average molecular weight is 307 g/mol. The van der Waals surface area contributed by atoms with Crippen molar-refractivity contribution in [2.24, 2.45) is 5.10 Å². The number of anilines is 2. The van der Waals surface area contributed by atoms with Gasteiger partial charge in [0.25, 0.3) is 0 Å². The SMILES string of the molecule is CC(=O)C(=NNc1ccc(C)cc1)N1CCCc2ccccc21. The normalized spacial score (nSPS) is 14.3. The van der Waals surface area contributed by atoms with Crippen molar-refractivity contribution >= 4 is 23.0 Å². The lowest BCUT2D eigenvalue weighted by molar-refractivity contribution is -0.111. The molecule has 1 aliphatic heterocycles. The van der Waals surface area contributed by atoms with Crippen molar-refractivity contribution in [3.8, 4) is 0 Å². The van der Waals surface area contributed by atoms with Gasteiger partial charge in [0, 0.05) is 19.2 Å². The lowest BCUT2D eigenvalue weighted by atomic mass is 10.0. The predicted molar refractivity (Wildman–Crippen MR) is 95.0 cm³/mol. The molecule has 2 aromatic carbocycles. The number of hydrogen-bond acceptors (Lipinski definition) is 3. The van der Waals surface area contributed by atoms with E-state index in [-0.39, 0.29) is 5.78 Å². The van der Waals surface area contributed by atoms with Gasteiger partial charge < -0.3 is 4.90 Å². The van der Waals surface area contributed by atoms with Crippen LogP contribution in [0, 0.1) is 6.92 Å². The molecule has 0 unspecified atom stereocenters. The maximum atomic E-state index is 12.1. The van der Waals surface area contributed by atoms with Crippen LogP contribution in [0.4, 0.5) is 11.4 Å². The Labute approximate surface area is 136 Å². The lowest BCUT2D eigenvalue weighted by Crippen LogP contribution is -2.39. The maximum absolute atomic E-state index is 12.1. The Morgan fingerprint density at radius 3 is 2.61 bits per heavy atom. The van der Waals surface area contributed by atoms with E-state index in [1.165, 1.54) is 11.1 Å². The summed E-state index contributed by atoms with van der Waals surface area (Å²) in [6, 6.07) is 16.2. The van der Waals surface area contributed by atoms with Crippen molar-refractivity contribution in [1.29, 1.82) is 0 Å². The van der Waals surface area contributed by atoms with Crippen molar-refractivity contribution in [2.75, 3.05) is 16.9 Å². The Hall–Kier alpha value is -2.62. The van der Waals surface area contributed by atoms with Gasteiger partial charge in [-0.3, -0.25) is 10.2 Å². The molecular formula is C19H21N3O. The summed E-state index contributed by atoms with van der Waals surface area (Å²) in [6.07, 6.45) is 2.07. The van der Waals surface area contributed by atoms with Crippen LogP contribution in [0.15, 0.2) is 53.6 Å². The molecule has 0 spiro atoms. The zero-order chi connectivity index (χ0) is 16.2. The van der Waals surface area contributed by atoms with E-state index in [2.05, 4.69) is 22.7 Å². The number of nitrogens with zero attached hydrogens (tertiary/aromatic N) is 2. The number of nitrogens with one attached hydrogen (secondary N) is 1. The highest BCUT2D eigenvalue weighted by molar-refractivity contribution is 6.43. The van der Waals surface area contributed by atoms with E-state index in [0.29, 0.717) is 5.84 Å². The molecule has 3 rings (SSSR count). The molecule has 2 aromatic rings. The third kappa shape index (κ3) is 3.42. The Balaban J connectivity index is 1.89. The second-order valence-electron chi connectivity index (χ2n) is 5.85. The summed E-state index contributed by atoms with van der Waals surface area (Å²) in [5, 5.41) is 4.39. The second-order valence-corrected chi connectivity index (χ2v) is 5.85. The highest BCUT2D eigenvalue weighted by Gasteiger charge is 2.23. The topological polar surface area (TPSA) is 44.7 Å². The molecular weight excluding hydrogens is 286 g/mol. The lowest BCUT2D eigenvalue weighted by Gasteiger charge is -2.30. The van der Waals surface area contributed by atoms with E-state index in [4.69, 9.17) is 0 Å². The van der Waals surface area contributed by atoms with E-state index in [1.807, 2.05) is 48.2 Å². The van der Waals surface area contributed by atoms with Gasteiger partial charge in [-0.15, -0.1) is 0 Å². The molecule has 23 heavy (non-hydrogen) atoms. The minimum absolute atomic E-state index is 0.0404. The summed E-state index contributed by atoms with van der Waals surface area (Å²) in [4.78, 5) is 14.1. The molecule has 0 saturated heterocycles. The Morgan fingerprint density at radius 2 is 1.87 bits per heavy atom. The zero-order valence-corrected chi connectivity index (χ0v) is 13.5. The number of rotatable bonds is 3. The molecule has 0 saturated carbocycles. The molecule has 0 fully saturated rings. The van der Waals surface area contributed by atoms with Crippen molar-refractivity contribution < 1.29 is 4.79 Å². The monoisotopic (exact) mass is 307 g/mol. The number of hydrazone groups is 1. The molecule has 0 aromatic heterocycles. The number of para-hydroxylation sites is 1. The number of hydrogen-bond donors (Lipinski definition) is 1. The van der Waals surface area contributed by atoms with Crippen LogP contribution in [0.5, 0.6) is 0 Å². The summed E-state index contributed by atoms with van der Waals surface area (Å²) < 4.78 is 0. The Kier molecular flexibility index (Phi) is 4.42. The van der Waals surface area contributed by atoms with Crippen molar-refractivity contribution in [3.05, 3.63) is 59.7 Å². The van der Waals surface area contributed by atoms with Crippen LogP contribution >= 0.6 is 0 Å². The first-order chi connectivity index (χ1) is 11.1. The van der Waals surface area contributed by atoms with Crippen molar-refractivity contribution in [2.45, 2.75) is 26.7 Å². The van der Waals surface area contributed by atoms with E-state index >= 15 is 0 Å². The third-order valence-electron chi connectivity index (χ3n) is 4.02. The minimum atomic E-state index is -0.0404. The highest BCUT2D eigenvalue weighted by Crippen LogP contribution is 2.27. The van der Waals surface area contributed by atoms with Gasteiger partial charge in [-0.25, -0.2) is 0 Å². The summed E-state index contributed by atoms with van der Waals surface area (Å²) in [5.41, 5.74) is 7.42. The number of Topliss-reactive ketones (excluding diaryl/α,β-unsaturated/α-hetero) is 1. The first-order valence-electron chi connectivity index (χ1n) is 7.92. The molecule has 0 radical (unpaired) electrons. The van der Waals surface area contributed by atoms with Gasteiger partial charge in [0.15, 0.2) is 11.6 Å². The highest BCUT2D eigenvalue weighted by atomic mass is 16.1. The summed E-state index contributed by atoms with van der Waals surface area (Å²) >= 11 is 0. The van der Waals surface area contributed by atoms with E-state index in [0.717, 1.165) is 30.8 Å². The Bertz CT molecular complexity index is 735. The van der Waals surface area contributed by atoms with Gasteiger partial charge in [-0.05, 0) is 43.5 Å². The fraction of sp³-hybridized carbons (Fsp3) is 0.263. The van der Waals surface area contributed by atoms with Gasteiger partial charge in [0.05, 0.1) is 5.69 Å². The van der Waals surface area contributed by atoms with Crippen LogP contribution in [-0.4, -0.2) is 18.2 Å². The molecule has 118 valence electrons. The van der Waals surface area contributed by atoms with Crippen LogP contribution in [0.1, 0.15) is 24.5 Å². The maximum Gasteiger partial charge on any atom is 0.197 e. The number of amidine groups is 1. The van der Waals surface area contributed by atoms with Gasteiger partial charge in [0.1, 0.15) is 0 Å². The number of benzene rings is 2. The minimum Gasteiger partial charge on any atom is -0.322 e. The van der Waals surface area contributed by atoms with Crippen molar-refractivity contribution in [3.63, 3.8) is 0 Å². The van der Waals surface area contributed by atoms with E-state index in [9.17, 15) is 4.79 Å². The largest absolute Gasteiger partial charge is 0.322 e. The van der Waals surface area contributed by atoms with Crippen LogP contribution in [0.2, 0.25) is 0 Å². The van der Waals surface area contributed by atoms with Gasteiger partial charge in [-0.2, -0.15) is 5.10 Å². The van der Waals surface area contributed by atoms with Crippen LogP contribution in [0.25, 0.3) is 0 Å². The van der Waals surface area contributed by atoms with Crippen LogP contribution in [0.3, 0.4) is 0 Å². The molecule has 1 N–H and O–H groups in total. The zero-order valence-electron chi connectivity index (χ0n) is 13.5.